The van der Waals surface area contributed by atoms with E-state index in [0.717, 1.165) is 48.4 Å². The predicted octanol–water partition coefficient (Wildman–Crippen LogP) is 4.02. The highest BCUT2D eigenvalue weighted by Gasteiger charge is 2.20. The average Bonchev–Trinajstić information content (AvgIpc) is 2.75. The molecule has 2 aromatic carbocycles. The van der Waals surface area contributed by atoms with Gasteiger partial charge in [-0.1, -0.05) is 22.9 Å². The first-order valence-electron chi connectivity index (χ1n) is 9.97. The first-order chi connectivity index (χ1) is 14.5. The zero-order valence-electron chi connectivity index (χ0n) is 16.9. The summed E-state index contributed by atoms with van der Waals surface area (Å²) in [4.78, 5) is 28.5. The number of halogens is 1. The highest BCUT2D eigenvalue weighted by molar-refractivity contribution is 9.10. The van der Waals surface area contributed by atoms with E-state index < -0.39 is 0 Å². The summed E-state index contributed by atoms with van der Waals surface area (Å²) >= 11 is 8.60. The lowest BCUT2D eigenvalue weighted by Crippen LogP contribution is -2.48. The number of amides is 2. The smallest absolute Gasteiger partial charge is 0.257 e. The second-order valence-corrected chi connectivity index (χ2v) is 8.40. The van der Waals surface area contributed by atoms with Gasteiger partial charge in [0.2, 0.25) is 5.91 Å². The van der Waals surface area contributed by atoms with Gasteiger partial charge in [0.05, 0.1) is 0 Å². The number of nitrogens with one attached hydrogen (secondary N) is 2. The number of thiocarbonyl (C=S) groups is 1. The van der Waals surface area contributed by atoms with Crippen molar-refractivity contribution in [1.29, 1.82) is 0 Å². The minimum atomic E-state index is -0.257. The van der Waals surface area contributed by atoms with Crippen LogP contribution >= 0.6 is 28.1 Å². The number of nitrogens with zero attached hydrogens (tertiary/aromatic N) is 2. The molecule has 0 aromatic heterocycles. The van der Waals surface area contributed by atoms with E-state index in [0.29, 0.717) is 12.0 Å². The fourth-order valence-corrected chi connectivity index (χ4v) is 3.76. The van der Waals surface area contributed by atoms with Crippen LogP contribution in [0.3, 0.4) is 0 Å². The van der Waals surface area contributed by atoms with Gasteiger partial charge in [-0.2, -0.15) is 0 Å². The van der Waals surface area contributed by atoms with Crippen molar-refractivity contribution < 1.29 is 9.59 Å². The van der Waals surface area contributed by atoms with Crippen molar-refractivity contribution in [2.24, 2.45) is 0 Å². The molecular weight excluding hydrogens is 464 g/mol. The lowest BCUT2D eigenvalue weighted by molar-refractivity contribution is -0.131. The number of rotatable bonds is 5. The summed E-state index contributed by atoms with van der Waals surface area (Å²) in [7, 11) is 0. The fourth-order valence-electron chi connectivity index (χ4n) is 3.28. The lowest BCUT2D eigenvalue weighted by Gasteiger charge is -2.36. The molecule has 1 saturated heterocycles. The molecule has 0 aliphatic carbocycles. The van der Waals surface area contributed by atoms with Crippen LogP contribution in [0.1, 0.15) is 30.1 Å². The maximum atomic E-state index is 12.2. The zero-order valence-corrected chi connectivity index (χ0v) is 19.3. The van der Waals surface area contributed by atoms with Gasteiger partial charge >= 0.3 is 0 Å². The van der Waals surface area contributed by atoms with Crippen molar-refractivity contribution in [3.05, 3.63) is 58.6 Å². The van der Waals surface area contributed by atoms with Crippen molar-refractivity contribution in [3.63, 3.8) is 0 Å². The summed E-state index contributed by atoms with van der Waals surface area (Å²) in [6.45, 7) is 5.19. The Bertz CT molecular complexity index is 894. The van der Waals surface area contributed by atoms with Crippen LogP contribution in [0, 0.1) is 0 Å². The van der Waals surface area contributed by atoms with Crippen molar-refractivity contribution in [3.8, 4) is 0 Å². The Hall–Kier alpha value is -2.45. The van der Waals surface area contributed by atoms with E-state index in [1.54, 1.807) is 12.1 Å². The molecule has 30 heavy (non-hydrogen) atoms. The maximum absolute atomic E-state index is 12.2. The molecule has 0 bridgehead atoms. The summed E-state index contributed by atoms with van der Waals surface area (Å²) in [5.41, 5.74) is 2.44. The van der Waals surface area contributed by atoms with Crippen LogP contribution in [0.4, 0.5) is 11.4 Å². The number of carbonyl (C=O) groups is 2. The topological polar surface area (TPSA) is 64.7 Å². The average molecular weight is 489 g/mol. The molecule has 8 heteroatoms. The Balaban J connectivity index is 1.50. The second-order valence-electron chi connectivity index (χ2n) is 7.08. The number of carbonyl (C=O) groups excluding carboxylic acids is 2. The highest BCUT2D eigenvalue weighted by atomic mass is 79.9. The van der Waals surface area contributed by atoms with E-state index in [-0.39, 0.29) is 16.9 Å². The van der Waals surface area contributed by atoms with Crippen LogP contribution in [0.2, 0.25) is 0 Å². The molecule has 2 amide bonds. The molecular formula is C22H25BrN4O2S. The monoisotopic (exact) mass is 488 g/mol. The van der Waals surface area contributed by atoms with Gasteiger partial charge in [-0.3, -0.25) is 14.9 Å². The second kappa shape index (κ2) is 10.5. The zero-order chi connectivity index (χ0) is 21.5. The van der Waals surface area contributed by atoms with Crippen molar-refractivity contribution in [2.75, 3.05) is 36.4 Å². The first-order valence-corrected chi connectivity index (χ1v) is 11.2. The molecule has 1 aliphatic heterocycles. The molecule has 158 valence electrons. The van der Waals surface area contributed by atoms with Gasteiger partial charge in [0.15, 0.2) is 5.11 Å². The molecule has 3 rings (SSSR count). The number of benzene rings is 2. The third kappa shape index (κ3) is 6.03. The van der Waals surface area contributed by atoms with Crippen LogP contribution < -0.4 is 15.5 Å². The third-order valence-corrected chi connectivity index (χ3v) is 5.65. The lowest BCUT2D eigenvalue weighted by atomic mass is 10.2. The molecule has 2 N–H and O–H groups in total. The molecule has 1 fully saturated rings. The number of anilines is 2. The van der Waals surface area contributed by atoms with Gasteiger partial charge in [0.25, 0.3) is 5.91 Å². The van der Waals surface area contributed by atoms with Crippen molar-refractivity contribution in [2.45, 2.75) is 19.8 Å². The van der Waals surface area contributed by atoms with Gasteiger partial charge in [-0.15, -0.1) is 0 Å². The quantitative estimate of drug-likeness (QED) is 0.622. The van der Waals surface area contributed by atoms with Crippen LogP contribution in [0.5, 0.6) is 0 Å². The molecule has 2 aromatic rings. The van der Waals surface area contributed by atoms with Crippen molar-refractivity contribution >= 4 is 56.4 Å². The van der Waals surface area contributed by atoms with Gasteiger partial charge in [-0.05, 0) is 67.2 Å². The Morgan fingerprint density at radius 1 is 1.00 bits per heavy atom. The van der Waals surface area contributed by atoms with Crippen LogP contribution in [0.15, 0.2) is 53.0 Å². The summed E-state index contributed by atoms with van der Waals surface area (Å²) in [6, 6.07) is 15.0. The largest absolute Gasteiger partial charge is 0.368 e. The van der Waals surface area contributed by atoms with Gasteiger partial charge in [0.1, 0.15) is 0 Å². The normalized spacial score (nSPS) is 13.7. The number of hydrogen-bond acceptors (Lipinski definition) is 4. The first kappa shape index (κ1) is 22.2. The Kier molecular flexibility index (Phi) is 7.81. The van der Waals surface area contributed by atoms with E-state index in [9.17, 15) is 9.59 Å². The van der Waals surface area contributed by atoms with Crippen molar-refractivity contribution in [1.82, 2.24) is 10.2 Å². The molecule has 1 heterocycles. The molecule has 0 radical (unpaired) electrons. The molecule has 0 spiro atoms. The summed E-state index contributed by atoms with van der Waals surface area (Å²) < 4.78 is 0.911. The van der Waals surface area contributed by atoms with E-state index in [1.165, 1.54) is 0 Å². The van der Waals surface area contributed by atoms with Gasteiger partial charge in [-0.25, -0.2) is 0 Å². The standard InChI is InChI=1S/C22H25BrN4O2S/c1-2-3-20(28)27-14-12-26(13-15-27)19-10-8-18(9-11-19)24-22(30)25-21(29)16-4-6-17(23)7-5-16/h4-11H,2-3,12-15H2,1H3,(H2,24,25,29,30). The van der Waals surface area contributed by atoms with E-state index in [1.807, 2.05) is 48.2 Å². The minimum absolute atomic E-state index is 0.246. The number of piperazine rings is 1. The maximum Gasteiger partial charge on any atom is 0.257 e. The molecule has 6 nitrogen and oxygen atoms in total. The van der Waals surface area contributed by atoms with Crippen LogP contribution in [0.25, 0.3) is 0 Å². The van der Waals surface area contributed by atoms with E-state index in [2.05, 4.69) is 31.5 Å². The van der Waals surface area contributed by atoms with Crippen LogP contribution in [-0.4, -0.2) is 48.0 Å². The van der Waals surface area contributed by atoms with E-state index >= 15 is 0 Å². The summed E-state index contributed by atoms with van der Waals surface area (Å²) in [5.74, 6) is -0.0116. The fraction of sp³-hybridized carbons (Fsp3) is 0.318. The molecule has 1 aliphatic rings. The summed E-state index contributed by atoms with van der Waals surface area (Å²) in [6.07, 6.45) is 1.51. The van der Waals surface area contributed by atoms with Crippen LogP contribution in [-0.2, 0) is 4.79 Å². The van der Waals surface area contributed by atoms with E-state index in [4.69, 9.17) is 12.2 Å². The van der Waals surface area contributed by atoms with Gasteiger partial charge in [0, 0.05) is 54.0 Å². The minimum Gasteiger partial charge on any atom is -0.368 e. The molecule has 0 unspecified atom stereocenters. The third-order valence-electron chi connectivity index (χ3n) is 4.92. The highest BCUT2D eigenvalue weighted by Crippen LogP contribution is 2.20. The summed E-state index contributed by atoms with van der Waals surface area (Å²) in [5, 5.41) is 5.97. The predicted molar refractivity (Wildman–Crippen MR) is 128 cm³/mol. The molecule has 0 atom stereocenters. The Labute approximate surface area is 190 Å². The van der Waals surface area contributed by atoms with Gasteiger partial charge < -0.3 is 15.1 Å². The Morgan fingerprint density at radius 2 is 1.63 bits per heavy atom. The number of hydrogen-bond donors (Lipinski definition) is 2. The molecule has 0 saturated carbocycles. The Morgan fingerprint density at radius 3 is 2.23 bits per heavy atom. The SMILES string of the molecule is CCCC(=O)N1CCN(c2ccc(NC(=S)NC(=O)c3ccc(Br)cc3)cc2)CC1.